The van der Waals surface area contributed by atoms with E-state index in [0.717, 1.165) is 31.0 Å². The van der Waals surface area contributed by atoms with Gasteiger partial charge in [0.15, 0.2) is 0 Å². The first-order valence-corrected chi connectivity index (χ1v) is 9.94. The Labute approximate surface area is 138 Å². The summed E-state index contributed by atoms with van der Waals surface area (Å²) in [6.07, 6.45) is 1.54. The zero-order chi connectivity index (χ0) is 16.4. The third kappa shape index (κ3) is 3.97. The number of piperidine rings is 1. The van der Waals surface area contributed by atoms with Gasteiger partial charge < -0.3 is 0 Å². The number of rotatable bonds is 4. The van der Waals surface area contributed by atoms with Crippen LogP contribution in [0.2, 0.25) is 0 Å². The van der Waals surface area contributed by atoms with Crippen molar-refractivity contribution >= 4 is 21.4 Å². The Balaban J connectivity index is 1.67. The Kier molecular flexibility index (Phi) is 4.79. The van der Waals surface area contributed by atoms with Gasteiger partial charge in [-0.05, 0) is 58.8 Å². The fraction of sp³-hybridized carbons (Fsp3) is 0.375. The average molecular weight is 357 g/mol. The molecule has 1 saturated heterocycles. The van der Waals surface area contributed by atoms with Crippen LogP contribution in [0.3, 0.4) is 0 Å². The molecule has 0 bridgehead atoms. The van der Waals surface area contributed by atoms with Crippen molar-refractivity contribution in [2.45, 2.75) is 24.5 Å². The summed E-state index contributed by atoms with van der Waals surface area (Å²) in [5.41, 5.74) is 1.40. The summed E-state index contributed by atoms with van der Waals surface area (Å²) in [5, 5.41) is 4.13. The van der Waals surface area contributed by atoms with Crippen LogP contribution in [-0.4, -0.2) is 25.8 Å². The zero-order valence-electron chi connectivity index (χ0n) is 12.4. The van der Waals surface area contributed by atoms with Gasteiger partial charge in [-0.25, -0.2) is 21.5 Å². The lowest BCUT2D eigenvalue weighted by molar-refractivity contribution is 0.319. The van der Waals surface area contributed by atoms with E-state index in [1.54, 1.807) is 11.3 Å². The fourth-order valence-electron chi connectivity index (χ4n) is 2.97. The van der Waals surface area contributed by atoms with Gasteiger partial charge in [0.25, 0.3) is 0 Å². The van der Waals surface area contributed by atoms with Crippen LogP contribution in [-0.2, 0) is 15.8 Å². The average Bonchev–Trinajstić information content (AvgIpc) is 3.00. The van der Waals surface area contributed by atoms with Crippen molar-refractivity contribution in [3.63, 3.8) is 0 Å². The van der Waals surface area contributed by atoms with Gasteiger partial charge in [0.1, 0.15) is 11.6 Å². The molecular weight excluding hydrogens is 340 g/mol. The molecule has 1 aromatic carbocycles. The summed E-state index contributed by atoms with van der Waals surface area (Å²) in [7, 11) is -3.56. The van der Waals surface area contributed by atoms with Crippen LogP contribution in [0.25, 0.3) is 0 Å². The van der Waals surface area contributed by atoms with Gasteiger partial charge >= 0.3 is 0 Å². The van der Waals surface area contributed by atoms with Gasteiger partial charge in [-0.1, -0.05) is 0 Å². The Morgan fingerprint density at radius 1 is 1.13 bits per heavy atom. The van der Waals surface area contributed by atoms with Gasteiger partial charge in [0.05, 0.1) is 5.75 Å². The van der Waals surface area contributed by atoms with Crippen LogP contribution in [0.5, 0.6) is 0 Å². The van der Waals surface area contributed by atoms with E-state index in [9.17, 15) is 17.2 Å². The lowest BCUT2D eigenvalue weighted by Gasteiger charge is -2.31. The molecule has 0 saturated carbocycles. The highest BCUT2D eigenvalue weighted by atomic mass is 32.2. The molecule has 1 fully saturated rings. The maximum absolute atomic E-state index is 13.2. The second kappa shape index (κ2) is 6.67. The maximum Gasteiger partial charge on any atom is 0.218 e. The molecule has 0 unspecified atom stereocenters. The maximum atomic E-state index is 13.2. The first-order chi connectivity index (χ1) is 10.9. The molecule has 23 heavy (non-hydrogen) atoms. The molecule has 2 aromatic rings. The standard InChI is InChI=1S/C16H17F2NO2S2/c17-15-7-12(8-16(18)9-15)11-23(20,21)19-4-1-13(2-5-19)14-3-6-22-10-14/h3,6-10,13H,1-2,4-5,11H2. The Bertz CT molecular complexity index is 747. The first kappa shape index (κ1) is 16.5. The molecule has 0 atom stereocenters. The van der Waals surface area contributed by atoms with Crippen molar-refractivity contribution in [1.82, 2.24) is 4.31 Å². The number of thiophene rings is 1. The van der Waals surface area contributed by atoms with E-state index in [1.165, 1.54) is 9.87 Å². The summed E-state index contributed by atoms with van der Waals surface area (Å²) in [5.74, 6) is -1.50. The molecule has 1 aliphatic heterocycles. The molecule has 0 spiro atoms. The van der Waals surface area contributed by atoms with E-state index >= 15 is 0 Å². The zero-order valence-corrected chi connectivity index (χ0v) is 14.0. The molecule has 2 heterocycles. The van der Waals surface area contributed by atoms with Gasteiger partial charge in [-0.2, -0.15) is 11.3 Å². The van der Waals surface area contributed by atoms with E-state index in [4.69, 9.17) is 0 Å². The Morgan fingerprint density at radius 2 is 1.78 bits per heavy atom. The normalized spacial score (nSPS) is 17.5. The highest BCUT2D eigenvalue weighted by Crippen LogP contribution is 2.31. The number of benzene rings is 1. The second-order valence-corrected chi connectivity index (χ2v) is 8.51. The third-order valence-corrected chi connectivity index (χ3v) is 6.68. The molecule has 7 heteroatoms. The molecule has 1 aliphatic rings. The first-order valence-electron chi connectivity index (χ1n) is 7.39. The number of hydrogen-bond acceptors (Lipinski definition) is 3. The van der Waals surface area contributed by atoms with Gasteiger partial charge in [-0.3, -0.25) is 0 Å². The minimum Gasteiger partial charge on any atom is -0.212 e. The van der Waals surface area contributed by atoms with Gasteiger partial charge in [0, 0.05) is 19.2 Å². The quantitative estimate of drug-likeness (QED) is 0.836. The van der Waals surface area contributed by atoms with E-state index in [0.29, 0.717) is 19.0 Å². The Hall–Kier alpha value is -1.31. The molecule has 0 aliphatic carbocycles. The lowest BCUT2D eigenvalue weighted by Crippen LogP contribution is -2.38. The van der Waals surface area contributed by atoms with E-state index in [-0.39, 0.29) is 11.3 Å². The SMILES string of the molecule is O=S(=O)(Cc1cc(F)cc(F)c1)N1CCC(c2ccsc2)CC1. The Morgan fingerprint density at radius 3 is 2.35 bits per heavy atom. The number of nitrogens with zero attached hydrogens (tertiary/aromatic N) is 1. The predicted molar refractivity (Wildman–Crippen MR) is 86.8 cm³/mol. The molecule has 3 nitrogen and oxygen atoms in total. The molecule has 0 N–H and O–H groups in total. The molecule has 0 radical (unpaired) electrons. The van der Waals surface area contributed by atoms with Crippen molar-refractivity contribution in [1.29, 1.82) is 0 Å². The molecule has 124 valence electrons. The molecule has 3 rings (SSSR count). The summed E-state index contributed by atoms with van der Waals surface area (Å²) < 4.78 is 52.7. The smallest absolute Gasteiger partial charge is 0.212 e. The fourth-order valence-corrected chi connectivity index (χ4v) is 5.25. The van der Waals surface area contributed by atoms with Crippen LogP contribution in [0, 0.1) is 11.6 Å². The summed E-state index contributed by atoms with van der Waals surface area (Å²) in [6, 6.07) is 4.95. The third-order valence-electron chi connectivity index (χ3n) is 4.13. The number of sulfonamides is 1. The number of halogens is 2. The highest BCUT2D eigenvalue weighted by Gasteiger charge is 2.29. The van der Waals surface area contributed by atoms with Gasteiger partial charge in [-0.15, -0.1) is 0 Å². The van der Waals surface area contributed by atoms with E-state index in [2.05, 4.69) is 11.4 Å². The predicted octanol–water partition coefficient (Wildman–Crippen LogP) is 3.74. The molecule has 1 aromatic heterocycles. The van der Waals surface area contributed by atoms with Crippen LogP contribution < -0.4 is 0 Å². The van der Waals surface area contributed by atoms with Crippen molar-refractivity contribution < 1.29 is 17.2 Å². The van der Waals surface area contributed by atoms with E-state index < -0.39 is 21.7 Å². The van der Waals surface area contributed by atoms with Crippen molar-refractivity contribution in [3.8, 4) is 0 Å². The monoisotopic (exact) mass is 357 g/mol. The summed E-state index contributed by atoms with van der Waals surface area (Å²) in [4.78, 5) is 0. The van der Waals surface area contributed by atoms with Crippen molar-refractivity contribution in [2.24, 2.45) is 0 Å². The van der Waals surface area contributed by atoms with Crippen LogP contribution in [0.1, 0.15) is 29.9 Å². The van der Waals surface area contributed by atoms with Crippen LogP contribution >= 0.6 is 11.3 Å². The minimum atomic E-state index is -3.56. The minimum absolute atomic E-state index is 0.141. The van der Waals surface area contributed by atoms with Crippen LogP contribution in [0.15, 0.2) is 35.0 Å². The number of hydrogen-bond donors (Lipinski definition) is 0. The van der Waals surface area contributed by atoms with Crippen molar-refractivity contribution in [3.05, 3.63) is 57.8 Å². The summed E-state index contributed by atoms with van der Waals surface area (Å²) >= 11 is 1.64. The van der Waals surface area contributed by atoms with Crippen LogP contribution in [0.4, 0.5) is 8.78 Å². The highest BCUT2D eigenvalue weighted by molar-refractivity contribution is 7.88. The van der Waals surface area contributed by atoms with Crippen molar-refractivity contribution in [2.75, 3.05) is 13.1 Å². The lowest BCUT2D eigenvalue weighted by atomic mass is 9.92. The molecular formula is C16H17F2NO2S2. The topological polar surface area (TPSA) is 37.4 Å². The largest absolute Gasteiger partial charge is 0.218 e. The molecule has 0 amide bonds. The van der Waals surface area contributed by atoms with E-state index in [1.807, 2.05) is 5.38 Å². The van der Waals surface area contributed by atoms with Gasteiger partial charge in [0.2, 0.25) is 10.0 Å². The second-order valence-electron chi connectivity index (χ2n) is 5.76. The summed E-state index contributed by atoms with van der Waals surface area (Å²) in [6.45, 7) is 0.890.